The van der Waals surface area contributed by atoms with Crippen molar-refractivity contribution in [3.63, 3.8) is 0 Å². The topological polar surface area (TPSA) is 75.0 Å². The Kier molecular flexibility index (Phi) is 6.82. The number of nitriles is 1. The lowest BCUT2D eigenvalue weighted by Crippen LogP contribution is -2.15. The van der Waals surface area contributed by atoms with Crippen LogP contribution in [0.1, 0.15) is 21.6 Å². The van der Waals surface area contributed by atoms with Crippen molar-refractivity contribution in [3.05, 3.63) is 83.3 Å². The predicted molar refractivity (Wildman–Crippen MR) is 111 cm³/mol. The van der Waals surface area contributed by atoms with Gasteiger partial charge in [0.1, 0.15) is 22.7 Å². The second kappa shape index (κ2) is 9.71. The Labute approximate surface area is 172 Å². The zero-order chi connectivity index (χ0) is 20.6. The van der Waals surface area contributed by atoms with Gasteiger partial charge < -0.3 is 10.1 Å². The highest BCUT2D eigenvalue weighted by atomic mass is 32.2. The van der Waals surface area contributed by atoms with Crippen LogP contribution in [0.2, 0.25) is 0 Å². The second-order valence-corrected chi connectivity index (χ2v) is 7.14. The van der Waals surface area contributed by atoms with Crippen LogP contribution >= 0.6 is 11.8 Å². The maximum atomic E-state index is 12.9. The SMILES string of the molecule is Cc1nc(SCCOc2ccc(F)cc2)c(C#N)cc1C(=O)Nc1ccccc1. The van der Waals surface area contributed by atoms with E-state index in [9.17, 15) is 14.4 Å². The Morgan fingerprint density at radius 1 is 1.21 bits per heavy atom. The molecule has 2 aromatic carbocycles. The highest BCUT2D eigenvalue weighted by Gasteiger charge is 2.15. The molecule has 146 valence electrons. The van der Waals surface area contributed by atoms with Gasteiger partial charge >= 0.3 is 0 Å². The Morgan fingerprint density at radius 2 is 1.93 bits per heavy atom. The molecule has 0 saturated heterocycles. The zero-order valence-electron chi connectivity index (χ0n) is 15.7. The molecule has 0 aliphatic carbocycles. The number of carbonyl (C=O) groups is 1. The number of nitrogens with zero attached hydrogens (tertiary/aromatic N) is 2. The van der Waals surface area contributed by atoms with Crippen molar-refractivity contribution in [1.82, 2.24) is 4.98 Å². The molecule has 29 heavy (non-hydrogen) atoms. The van der Waals surface area contributed by atoms with E-state index in [0.29, 0.717) is 45.6 Å². The minimum absolute atomic E-state index is 0.311. The Bertz CT molecular complexity index is 1030. The van der Waals surface area contributed by atoms with E-state index in [4.69, 9.17) is 4.74 Å². The summed E-state index contributed by atoms with van der Waals surface area (Å²) in [5.74, 6) is 0.494. The summed E-state index contributed by atoms with van der Waals surface area (Å²) in [6.45, 7) is 2.11. The molecule has 3 aromatic rings. The van der Waals surface area contributed by atoms with Gasteiger partial charge in [-0.1, -0.05) is 18.2 Å². The fraction of sp³-hybridized carbons (Fsp3) is 0.136. The molecule has 1 amide bonds. The van der Waals surface area contributed by atoms with Crippen LogP contribution in [-0.2, 0) is 0 Å². The standard InChI is InChI=1S/C22H18FN3O2S/c1-15-20(21(27)26-18-5-3-2-4-6-18)13-16(14-24)22(25-15)29-12-11-28-19-9-7-17(23)8-10-19/h2-10,13H,11-12H2,1H3,(H,26,27). The van der Waals surface area contributed by atoms with E-state index in [2.05, 4.69) is 16.4 Å². The number of halogens is 1. The van der Waals surface area contributed by atoms with Gasteiger partial charge in [-0.2, -0.15) is 5.26 Å². The van der Waals surface area contributed by atoms with Crippen LogP contribution in [0.5, 0.6) is 5.75 Å². The van der Waals surface area contributed by atoms with Crippen LogP contribution < -0.4 is 10.1 Å². The van der Waals surface area contributed by atoms with Crippen molar-refractivity contribution < 1.29 is 13.9 Å². The van der Waals surface area contributed by atoms with Gasteiger partial charge in [0.05, 0.1) is 23.4 Å². The minimum Gasteiger partial charge on any atom is -0.493 e. The summed E-state index contributed by atoms with van der Waals surface area (Å²) in [6.07, 6.45) is 0. The summed E-state index contributed by atoms with van der Waals surface area (Å²) in [4.78, 5) is 17.0. The van der Waals surface area contributed by atoms with Gasteiger partial charge in [0, 0.05) is 11.4 Å². The third kappa shape index (κ3) is 5.56. The van der Waals surface area contributed by atoms with Crippen molar-refractivity contribution in [3.8, 4) is 11.8 Å². The number of para-hydroxylation sites is 1. The number of nitrogens with one attached hydrogen (secondary N) is 1. The number of rotatable bonds is 7. The van der Waals surface area contributed by atoms with E-state index in [-0.39, 0.29) is 11.7 Å². The second-order valence-electron chi connectivity index (χ2n) is 6.06. The maximum Gasteiger partial charge on any atom is 0.257 e. The van der Waals surface area contributed by atoms with Crippen LogP contribution in [-0.4, -0.2) is 23.3 Å². The molecule has 1 heterocycles. The number of carbonyl (C=O) groups excluding carboxylic acids is 1. The van der Waals surface area contributed by atoms with Gasteiger partial charge in [-0.25, -0.2) is 9.37 Å². The van der Waals surface area contributed by atoms with Crippen molar-refractivity contribution in [2.45, 2.75) is 11.9 Å². The number of ether oxygens (including phenoxy) is 1. The molecule has 0 spiro atoms. The molecule has 0 bridgehead atoms. The average molecular weight is 407 g/mol. The van der Waals surface area contributed by atoms with E-state index in [1.165, 1.54) is 23.9 Å². The Morgan fingerprint density at radius 3 is 2.62 bits per heavy atom. The Balaban J connectivity index is 1.64. The van der Waals surface area contributed by atoms with E-state index in [0.717, 1.165) is 0 Å². The van der Waals surface area contributed by atoms with E-state index in [1.54, 1.807) is 37.3 Å². The van der Waals surface area contributed by atoms with Gasteiger partial charge in [-0.15, -0.1) is 11.8 Å². The number of amides is 1. The highest BCUT2D eigenvalue weighted by molar-refractivity contribution is 7.99. The molecule has 7 heteroatoms. The number of aryl methyl sites for hydroxylation is 1. The minimum atomic E-state index is -0.318. The first-order chi connectivity index (χ1) is 14.1. The molecule has 1 aromatic heterocycles. The molecule has 0 aliphatic heterocycles. The smallest absolute Gasteiger partial charge is 0.257 e. The number of pyridine rings is 1. The lowest BCUT2D eigenvalue weighted by molar-refractivity contribution is 0.102. The first-order valence-corrected chi connectivity index (χ1v) is 9.84. The number of aromatic nitrogens is 1. The summed E-state index contributed by atoms with van der Waals surface area (Å²) in [6, 6.07) is 18.5. The molecule has 0 radical (unpaired) electrons. The third-order valence-electron chi connectivity index (χ3n) is 3.98. The molecule has 0 fully saturated rings. The van der Waals surface area contributed by atoms with Crippen molar-refractivity contribution in [1.29, 1.82) is 5.26 Å². The summed E-state index contributed by atoms with van der Waals surface area (Å²) >= 11 is 1.37. The van der Waals surface area contributed by atoms with Crippen molar-refractivity contribution >= 4 is 23.4 Å². The lowest BCUT2D eigenvalue weighted by atomic mass is 10.1. The number of hydrogen-bond acceptors (Lipinski definition) is 5. The molecule has 0 saturated carbocycles. The van der Waals surface area contributed by atoms with Crippen LogP contribution in [0.25, 0.3) is 0 Å². The van der Waals surface area contributed by atoms with Gasteiger partial charge in [-0.05, 0) is 49.4 Å². The number of thioether (sulfide) groups is 1. The number of hydrogen-bond donors (Lipinski definition) is 1. The van der Waals surface area contributed by atoms with Gasteiger partial charge in [0.15, 0.2) is 0 Å². The average Bonchev–Trinajstić information content (AvgIpc) is 2.73. The molecular formula is C22H18FN3O2S. The third-order valence-corrected chi connectivity index (χ3v) is 4.93. The summed E-state index contributed by atoms with van der Waals surface area (Å²) in [7, 11) is 0. The quantitative estimate of drug-likeness (QED) is 0.449. The summed E-state index contributed by atoms with van der Waals surface area (Å²) < 4.78 is 18.5. The van der Waals surface area contributed by atoms with Crippen LogP contribution in [0.3, 0.4) is 0 Å². The van der Waals surface area contributed by atoms with E-state index >= 15 is 0 Å². The lowest BCUT2D eigenvalue weighted by Gasteiger charge is -2.11. The zero-order valence-corrected chi connectivity index (χ0v) is 16.5. The largest absolute Gasteiger partial charge is 0.493 e. The summed E-state index contributed by atoms with van der Waals surface area (Å²) in [5, 5.41) is 12.8. The van der Waals surface area contributed by atoms with Crippen LogP contribution in [0.4, 0.5) is 10.1 Å². The number of benzene rings is 2. The van der Waals surface area contributed by atoms with Crippen LogP contribution in [0.15, 0.2) is 65.7 Å². The Hall–Kier alpha value is -3.37. The predicted octanol–water partition coefficient (Wildman–Crippen LogP) is 4.82. The van der Waals surface area contributed by atoms with Crippen LogP contribution in [0, 0.1) is 24.1 Å². The molecule has 3 rings (SSSR count). The molecule has 0 unspecified atom stereocenters. The van der Waals surface area contributed by atoms with Gasteiger partial charge in [-0.3, -0.25) is 4.79 Å². The molecular weight excluding hydrogens is 389 g/mol. The van der Waals surface area contributed by atoms with E-state index < -0.39 is 0 Å². The fourth-order valence-electron chi connectivity index (χ4n) is 2.55. The molecule has 0 aliphatic rings. The van der Waals surface area contributed by atoms with E-state index in [1.807, 2.05) is 18.2 Å². The van der Waals surface area contributed by atoms with Gasteiger partial charge in [0.2, 0.25) is 0 Å². The number of anilines is 1. The summed E-state index contributed by atoms with van der Waals surface area (Å²) in [5.41, 5.74) is 1.91. The molecule has 1 N–H and O–H groups in total. The molecule has 5 nitrogen and oxygen atoms in total. The monoisotopic (exact) mass is 407 g/mol. The van der Waals surface area contributed by atoms with Gasteiger partial charge in [0.25, 0.3) is 5.91 Å². The first kappa shape index (κ1) is 20.4. The van der Waals surface area contributed by atoms with Crippen molar-refractivity contribution in [2.75, 3.05) is 17.7 Å². The fourth-order valence-corrected chi connectivity index (χ4v) is 3.37. The molecule has 0 atom stereocenters. The van der Waals surface area contributed by atoms with Crippen molar-refractivity contribution in [2.24, 2.45) is 0 Å². The highest BCUT2D eigenvalue weighted by Crippen LogP contribution is 2.24. The normalized spacial score (nSPS) is 10.2. The maximum absolute atomic E-state index is 12.9. The first-order valence-electron chi connectivity index (χ1n) is 8.86.